The number of hydrogen-bond donors (Lipinski definition) is 0. The first-order chi connectivity index (χ1) is 5.59. The third-order valence-electron chi connectivity index (χ3n) is 3.17. The van der Waals surface area contributed by atoms with Crippen molar-refractivity contribution in [1.82, 2.24) is 0 Å². The highest BCUT2D eigenvalue weighted by atomic mass is 16.1. The van der Waals surface area contributed by atoms with Gasteiger partial charge in [-0.1, -0.05) is 26.7 Å². The maximum absolute atomic E-state index is 11.0. The standard InChI is InChI=1S/C11H20O/c1-8-4-5-9(2)11(6-8)7-10(3)12/h8-9,11H,4-7H2,1-3H3. The van der Waals surface area contributed by atoms with Crippen molar-refractivity contribution in [3.8, 4) is 0 Å². The zero-order valence-electron chi connectivity index (χ0n) is 8.47. The predicted molar refractivity (Wildman–Crippen MR) is 51.0 cm³/mol. The Kier molecular flexibility index (Phi) is 3.30. The first kappa shape index (κ1) is 9.76. The van der Waals surface area contributed by atoms with E-state index in [2.05, 4.69) is 13.8 Å². The van der Waals surface area contributed by atoms with Gasteiger partial charge in [0.25, 0.3) is 0 Å². The summed E-state index contributed by atoms with van der Waals surface area (Å²) in [7, 11) is 0. The van der Waals surface area contributed by atoms with E-state index in [-0.39, 0.29) is 0 Å². The SMILES string of the molecule is CC(=O)CC1CC(C)CCC1C. The molecule has 0 heterocycles. The van der Waals surface area contributed by atoms with E-state index in [0.29, 0.717) is 11.7 Å². The summed E-state index contributed by atoms with van der Waals surface area (Å²) in [6, 6.07) is 0. The molecular formula is C11H20O. The van der Waals surface area contributed by atoms with Crippen molar-refractivity contribution >= 4 is 5.78 Å². The monoisotopic (exact) mass is 168 g/mol. The van der Waals surface area contributed by atoms with Crippen LogP contribution in [0.1, 0.15) is 46.5 Å². The number of Topliss-reactive ketones (excluding diaryl/α,β-unsaturated/α-hetero) is 1. The second-order valence-electron chi connectivity index (χ2n) is 4.56. The summed E-state index contributed by atoms with van der Waals surface area (Å²) in [6.07, 6.45) is 4.75. The third kappa shape index (κ3) is 2.62. The molecule has 1 saturated carbocycles. The molecule has 70 valence electrons. The molecule has 0 amide bonds. The van der Waals surface area contributed by atoms with Crippen LogP contribution in [0.5, 0.6) is 0 Å². The summed E-state index contributed by atoms with van der Waals surface area (Å²) >= 11 is 0. The van der Waals surface area contributed by atoms with E-state index in [1.807, 2.05) is 0 Å². The minimum absolute atomic E-state index is 0.362. The average Bonchev–Trinajstić information content (AvgIpc) is 1.96. The lowest BCUT2D eigenvalue weighted by Crippen LogP contribution is -2.23. The zero-order chi connectivity index (χ0) is 9.14. The summed E-state index contributed by atoms with van der Waals surface area (Å²) in [5.41, 5.74) is 0. The van der Waals surface area contributed by atoms with Gasteiger partial charge in [-0.2, -0.15) is 0 Å². The molecule has 0 saturated heterocycles. The number of rotatable bonds is 2. The van der Waals surface area contributed by atoms with E-state index in [1.54, 1.807) is 6.92 Å². The van der Waals surface area contributed by atoms with Crippen molar-refractivity contribution in [3.63, 3.8) is 0 Å². The topological polar surface area (TPSA) is 17.1 Å². The maximum atomic E-state index is 11.0. The Morgan fingerprint density at radius 3 is 2.58 bits per heavy atom. The molecule has 1 aliphatic carbocycles. The number of carbonyl (C=O) groups is 1. The highest BCUT2D eigenvalue weighted by Gasteiger charge is 2.25. The minimum atomic E-state index is 0.362. The van der Waals surface area contributed by atoms with Gasteiger partial charge in [0, 0.05) is 6.42 Å². The molecule has 0 bridgehead atoms. The normalized spacial score (nSPS) is 36.4. The molecule has 3 atom stereocenters. The first-order valence-electron chi connectivity index (χ1n) is 5.09. The Hall–Kier alpha value is -0.330. The van der Waals surface area contributed by atoms with Crippen LogP contribution >= 0.6 is 0 Å². The van der Waals surface area contributed by atoms with Gasteiger partial charge in [-0.05, 0) is 31.1 Å². The Bertz CT molecular complexity index is 162. The molecule has 1 nitrogen and oxygen atoms in total. The number of ketones is 1. The third-order valence-corrected chi connectivity index (χ3v) is 3.17. The summed E-state index contributed by atoms with van der Waals surface area (Å²) in [6.45, 7) is 6.31. The van der Waals surface area contributed by atoms with Crippen LogP contribution in [0.25, 0.3) is 0 Å². The molecule has 0 N–H and O–H groups in total. The molecule has 0 aromatic carbocycles. The Labute approximate surface area is 75.5 Å². The smallest absolute Gasteiger partial charge is 0.130 e. The second-order valence-corrected chi connectivity index (χ2v) is 4.56. The fraction of sp³-hybridized carbons (Fsp3) is 0.909. The Balaban J connectivity index is 2.43. The van der Waals surface area contributed by atoms with Crippen LogP contribution in [-0.2, 0) is 4.79 Å². The van der Waals surface area contributed by atoms with Crippen molar-refractivity contribution in [3.05, 3.63) is 0 Å². The lowest BCUT2D eigenvalue weighted by Gasteiger charge is -2.32. The summed E-state index contributed by atoms with van der Waals surface area (Å²) in [4.78, 5) is 11.0. The van der Waals surface area contributed by atoms with Gasteiger partial charge >= 0.3 is 0 Å². The summed E-state index contributed by atoms with van der Waals surface area (Å²) < 4.78 is 0. The van der Waals surface area contributed by atoms with Gasteiger partial charge in [0.15, 0.2) is 0 Å². The number of carbonyl (C=O) groups excluding carboxylic acids is 1. The van der Waals surface area contributed by atoms with Crippen LogP contribution in [0.4, 0.5) is 0 Å². The molecular weight excluding hydrogens is 148 g/mol. The van der Waals surface area contributed by atoms with Crippen LogP contribution in [0, 0.1) is 17.8 Å². The maximum Gasteiger partial charge on any atom is 0.130 e. The molecule has 0 aromatic rings. The summed E-state index contributed by atoms with van der Waals surface area (Å²) in [5, 5.41) is 0. The van der Waals surface area contributed by atoms with Crippen LogP contribution in [0.3, 0.4) is 0 Å². The van der Waals surface area contributed by atoms with Crippen molar-refractivity contribution in [2.75, 3.05) is 0 Å². The van der Waals surface area contributed by atoms with Crippen molar-refractivity contribution in [2.45, 2.75) is 46.5 Å². The van der Waals surface area contributed by atoms with Crippen molar-refractivity contribution in [2.24, 2.45) is 17.8 Å². The van der Waals surface area contributed by atoms with Gasteiger partial charge in [0.05, 0.1) is 0 Å². The van der Waals surface area contributed by atoms with Crippen molar-refractivity contribution < 1.29 is 4.79 Å². The quantitative estimate of drug-likeness (QED) is 0.619. The number of hydrogen-bond acceptors (Lipinski definition) is 1. The van der Waals surface area contributed by atoms with Gasteiger partial charge in [-0.3, -0.25) is 0 Å². The summed E-state index contributed by atoms with van der Waals surface area (Å²) in [5.74, 6) is 2.64. The largest absolute Gasteiger partial charge is 0.300 e. The molecule has 0 aromatic heterocycles. The average molecular weight is 168 g/mol. The van der Waals surface area contributed by atoms with E-state index < -0.39 is 0 Å². The van der Waals surface area contributed by atoms with Gasteiger partial charge in [-0.15, -0.1) is 0 Å². The highest BCUT2D eigenvalue weighted by Crippen LogP contribution is 2.35. The molecule has 1 heteroatoms. The fourth-order valence-electron chi connectivity index (χ4n) is 2.30. The van der Waals surface area contributed by atoms with Gasteiger partial charge in [0.2, 0.25) is 0 Å². The van der Waals surface area contributed by atoms with Crippen LogP contribution in [0.2, 0.25) is 0 Å². The lowest BCUT2D eigenvalue weighted by molar-refractivity contribution is -0.118. The first-order valence-corrected chi connectivity index (χ1v) is 5.09. The zero-order valence-corrected chi connectivity index (χ0v) is 8.47. The molecule has 1 aliphatic rings. The minimum Gasteiger partial charge on any atom is -0.300 e. The lowest BCUT2D eigenvalue weighted by atomic mass is 9.74. The van der Waals surface area contributed by atoms with E-state index in [0.717, 1.165) is 18.3 Å². The molecule has 0 spiro atoms. The van der Waals surface area contributed by atoms with Crippen LogP contribution < -0.4 is 0 Å². The molecule has 0 radical (unpaired) electrons. The highest BCUT2D eigenvalue weighted by molar-refractivity contribution is 5.75. The van der Waals surface area contributed by atoms with E-state index in [4.69, 9.17) is 0 Å². The van der Waals surface area contributed by atoms with Gasteiger partial charge in [0.1, 0.15) is 5.78 Å². The molecule has 1 fully saturated rings. The Morgan fingerprint density at radius 2 is 2.00 bits per heavy atom. The van der Waals surface area contributed by atoms with E-state index in [9.17, 15) is 4.79 Å². The van der Waals surface area contributed by atoms with Gasteiger partial charge < -0.3 is 4.79 Å². The second kappa shape index (κ2) is 4.06. The van der Waals surface area contributed by atoms with Gasteiger partial charge in [-0.25, -0.2) is 0 Å². The van der Waals surface area contributed by atoms with E-state index in [1.165, 1.54) is 19.3 Å². The molecule has 1 rings (SSSR count). The predicted octanol–water partition coefficient (Wildman–Crippen LogP) is 3.04. The Morgan fingerprint density at radius 1 is 1.33 bits per heavy atom. The van der Waals surface area contributed by atoms with Crippen LogP contribution in [0.15, 0.2) is 0 Å². The molecule has 0 aliphatic heterocycles. The van der Waals surface area contributed by atoms with Crippen LogP contribution in [-0.4, -0.2) is 5.78 Å². The molecule has 3 unspecified atom stereocenters. The van der Waals surface area contributed by atoms with E-state index >= 15 is 0 Å². The van der Waals surface area contributed by atoms with Crippen molar-refractivity contribution in [1.29, 1.82) is 0 Å². The fourth-order valence-corrected chi connectivity index (χ4v) is 2.30. The molecule has 12 heavy (non-hydrogen) atoms.